The van der Waals surface area contributed by atoms with Gasteiger partial charge in [-0.2, -0.15) is 0 Å². The Morgan fingerprint density at radius 1 is 1.14 bits per heavy atom. The third-order valence-corrected chi connectivity index (χ3v) is 6.09. The maximum Gasteiger partial charge on any atom is 0.233 e. The summed E-state index contributed by atoms with van der Waals surface area (Å²) in [6.07, 6.45) is 0.962. The number of aryl methyl sites for hydroxylation is 1. The Balaban J connectivity index is 1.63. The van der Waals surface area contributed by atoms with Crippen LogP contribution in [0.3, 0.4) is 0 Å². The molecule has 0 unspecified atom stereocenters. The highest BCUT2D eigenvalue weighted by atomic mass is 35.5. The number of rotatable bonds is 2. The van der Waals surface area contributed by atoms with Gasteiger partial charge < -0.3 is 14.9 Å². The molecule has 1 aromatic heterocycles. The summed E-state index contributed by atoms with van der Waals surface area (Å²) in [6, 6.07) is 14.8. The van der Waals surface area contributed by atoms with Gasteiger partial charge in [-0.1, -0.05) is 47.1 Å². The molecule has 3 aromatic rings. The lowest BCUT2D eigenvalue weighted by Crippen LogP contribution is -2.29. The monoisotopic (exact) mass is 406 g/mol. The fraction of sp³-hybridized carbons (Fsp3) is 0.217. The summed E-state index contributed by atoms with van der Waals surface area (Å²) < 4.78 is 5.53. The number of carbonyl (C=O) groups is 1. The number of anilines is 1. The molecule has 2 aliphatic rings. The molecule has 6 heteroatoms. The van der Waals surface area contributed by atoms with Crippen molar-refractivity contribution in [2.45, 2.75) is 31.6 Å². The molecule has 2 heterocycles. The van der Waals surface area contributed by atoms with Crippen LogP contribution in [0.4, 0.5) is 5.88 Å². The van der Waals surface area contributed by atoms with Crippen LogP contribution < -0.4 is 5.32 Å². The number of halogens is 1. The summed E-state index contributed by atoms with van der Waals surface area (Å²) in [4.78, 5) is 13.4. The lowest BCUT2D eigenvalue weighted by molar-refractivity contribution is -0.116. The van der Waals surface area contributed by atoms with Crippen LogP contribution in [-0.2, 0) is 4.79 Å². The number of nitrogens with zero attached hydrogens (tertiary/aromatic N) is 1. The molecule has 1 aliphatic carbocycles. The van der Waals surface area contributed by atoms with E-state index in [0.29, 0.717) is 23.7 Å². The lowest BCUT2D eigenvalue weighted by Gasteiger charge is -2.34. The summed E-state index contributed by atoms with van der Waals surface area (Å²) in [5.74, 6) is 0.523. The van der Waals surface area contributed by atoms with Gasteiger partial charge in [0.1, 0.15) is 5.75 Å². The second kappa shape index (κ2) is 6.78. The number of phenolic OH excluding ortho intramolecular Hbond substituents is 1. The van der Waals surface area contributed by atoms with Crippen molar-refractivity contribution in [3.63, 3.8) is 0 Å². The highest BCUT2D eigenvalue weighted by Crippen LogP contribution is 2.49. The average Bonchev–Trinajstić information content (AvgIpc) is 3.08. The molecule has 2 N–H and O–H groups in total. The van der Waals surface area contributed by atoms with E-state index < -0.39 is 0 Å². The SMILES string of the molecule is Cc1noc2c1[C@H](c1ccc(Cl)cc1)C1=C(C[C@H](c3ccccc3O)CC1=O)N2. The fourth-order valence-corrected chi connectivity index (χ4v) is 4.64. The first kappa shape index (κ1) is 18.0. The molecule has 5 nitrogen and oxygen atoms in total. The Morgan fingerprint density at radius 3 is 2.66 bits per heavy atom. The summed E-state index contributed by atoms with van der Waals surface area (Å²) in [5, 5.41) is 18.3. The Hall–Kier alpha value is -3.05. The van der Waals surface area contributed by atoms with E-state index in [1.54, 1.807) is 12.1 Å². The highest BCUT2D eigenvalue weighted by molar-refractivity contribution is 6.30. The predicted molar refractivity (Wildman–Crippen MR) is 110 cm³/mol. The second-order valence-electron chi connectivity index (χ2n) is 7.60. The molecule has 29 heavy (non-hydrogen) atoms. The molecule has 146 valence electrons. The van der Waals surface area contributed by atoms with Gasteiger partial charge in [-0.15, -0.1) is 0 Å². The van der Waals surface area contributed by atoms with Gasteiger partial charge in [0.25, 0.3) is 0 Å². The van der Waals surface area contributed by atoms with Crippen LogP contribution in [0.1, 0.15) is 47.1 Å². The van der Waals surface area contributed by atoms with Gasteiger partial charge in [0.15, 0.2) is 5.78 Å². The molecule has 0 fully saturated rings. The van der Waals surface area contributed by atoms with Gasteiger partial charge in [0, 0.05) is 34.5 Å². The van der Waals surface area contributed by atoms with Crippen LogP contribution in [0.15, 0.2) is 64.3 Å². The van der Waals surface area contributed by atoms with E-state index in [1.165, 1.54) is 0 Å². The number of Topliss-reactive ketones (excluding diaryl/α,β-unsaturated/α-hetero) is 1. The van der Waals surface area contributed by atoms with Crippen molar-refractivity contribution in [2.24, 2.45) is 0 Å². The molecule has 5 rings (SSSR count). The molecule has 0 spiro atoms. The van der Waals surface area contributed by atoms with Gasteiger partial charge in [0.05, 0.1) is 11.3 Å². The van der Waals surface area contributed by atoms with Crippen LogP contribution in [0.5, 0.6) is 5.75 Å². The first-order valence-electron chi connectivity index (χ1n) is 9.55. The zero-order chi connectivity index (χ0) is 20.1. The van der Waals surface area contributed by atoms with Crippen LogP contribution in [-0.4, -0.2) is 16.0 Å². The molecular weight excluding hydrogens is 388 g/mol. The lowest BCUT2D eigenvalue weighted by atomic mass is 9.72. The van der Waals surface area contributed by atoms with Crippen molar-refractivity contribution in [2.75, 3.05) is 5.32 Å². The number of benzene rings is 2. The molecule has 0 saturated carbocycles. The Morgan fingerprint density at radius 2 is 1.90 bits per heavy atom. The zero-order valence-electron chi connectivity index (χ0n) is 15.8. The first-order chi connectivity index (χ1) is 14.0. The van der Waals surface area contributed by atoms with Crippen molar-refractivity contribution in [1.82, 2.24) is 5.16 Å². The van der Waals surface area contributed by atoms with Crippen molar-refractivity contribution in [1.29, 1.82) is 0 Å². The number of aromatic nitrogens is 1. The zero-order valence-corrected chi connectivity index (χ0v) is 16.5. The molecule has 0 bridgehead atoms. The summed E-state index contributed by atoms with van der Waals surface area (Å²) in [7, 11) is 0. The normalized spacial score (nSPS) is 20.8. The van der Waals surface area contributed by atoms with Crippen LogP contribution in [0, 0.1) is 6.92 Å². The van der Waals surface area contributed by atoms with Crippen molar-refractivity contribution in [3.05, 3.63) is 87.2 Å². The van der Waals surface area contributed by atoms with Gasteiger partial charge in [-0.25, -0.2) is 0 Å². The largest absolute Gasteiger partial charge is 0.508 e. The van der Waals surface area contributed by atoms with E-state index >= 15 is 0 Å². The third kappa shape index (κ3) is 2.93. The number of aromatic hydroxyl groups is 1. The molecule has 0 saturated heterocycles. The van der Waals surface area contributed by atoms with E-state index in [-0.39, 0.29) is 23.4 Å². The summed E-state index contributed by atoms with van der Waals surface area (Å²) >= 11 is 6.08. The molecule has 2 aromatic carbocycles. The first-order valence-corrected chi connectivity index (χ1v) is 9.93. The number of allylic oxidation sites excluding steroid dienone is 2. The van der Waals surface area contributed by atoms with E-state index in [4.69, 9.17) is 16.1 Å². The predicted octanol–water partition coefficient (Wildman–Crippen LogP) is 5.30. The van der Waals surface area contributed by atoms with Gasteiger partial charge in [0.2, 0.25) is 5.88 Å². The Labute approximate surface area is 173 Å². The Bertz CT molecular complexity index is 1150. The minimum Gasteiger partial charge on any atom is -0.508 e. The number of nitrogens with one attached hydrogen (secondary N) is 1. The van der Waals surface area contributed by atoms with Crippen molar-refractivity contribution >= 4 is 23.3 Å². The molecule has 1 aliphatic heterocycles. The van der Waals surface area contributed by atoms with Crippen LogP contribution in [0.2, 0.25) is 5.02 Å². The van der Waals surface area contributed by atoms with Gasteiger partial charge >= 0.3 is 0 Å². The number of ketones is 1. The van der Waals surface area contributed by atoms with Crippen LogP contribution >= 0.6 is 11.6 Å². The minimum absolute atomic E-state index is 0.0678. The summed E-state index contributed by atoms with van der Waals surface area (Å²) in [6.45, 7) is 1.89. The third-order valence-electron chi connectivity index (χ3n) is 5.84. The van der Waals surface area contributed by atoms with E-state index in [2.05, 4.69) is 10.5 Å². The number of para-hydroxylation sites is 1. The molecule has 0 amide bonds. The minimum atomic E-state index is -0.248. The maximum absolute atomic E-state index is 13.4. The number of hydrogen-bond acceptors (Lipinski definition) is 5. The maximum atomic E-state index is 13.4. The molecule has 0 radical (unpaired) electrons. The van der Waals surface area contributed by atoms with E-state index in [9.17, 15) is 9.90 Å². The summed E-state index contributed by atoms with van der Waals surface area (Å²) in [5.41, 5.74) is 4.99. The quantitative estimate of drug-likeness (QED) is 0.604. The van der Waals surface area contributed by atoms with E-state index in [0.717, 1.165) is 33.7 Å². The average molecular weight is 407 g/mol. The smallest absolute Gasteiger partial charge is 0.233 e. The molecule has 2 atom stereocenters. The Kier molecular flexibility index (Phi) is 4.21. The number of carbonyl (C=O) groups excluding carboxylic acids is 1. The standard InChI is InChI=1S/C23H19ClN2O3/c1-12-20-21(13-6-8-15(24)9-7-13)22-17(25-23(20)29-26-12)10-14(11-19(22)28)16-4-2-3-5-18(16)27/h2-9,14,21,25,27H,10-11H2,1H3/t14-,21-/m0/s1. The second-order valence-corrected chi connectivity index (χ2v) is 8.04. The highest BCUT2D eigenvalue weighted by Gasteiger charge is 2.41. The van der Waals surface area contributed by atoms with Crippen LogP contribution in [0.25, 0.3) is 0 Å². The number of fused-ring (bicyclic) bond motifs is 1. The van der Waals surface area contributed by atoms with Crippen molar-refractivity contribution < 1.29 is 14.4 Å². The van der Waals surface area contributed by atoms with Gasteiger partial charge in [-0.05, 0) is 42.7 Å². The van der Waals surface area contributed by atoms with Crippen molar-refractivity contribution in [3.8, 4) is 5.75 Å². The van der Waals surface area contributed by atoms with E-state index in [1.807, 2.05) is 43.3 Å². The number of hydrogen-bond donors (Lipinski definition) is 2. The topological polar surface area (TPSA) is 75.4 Å². The van der Waals surface area contributed by atoms with Gasteiger partial charge in [-0.3, -0.25) is 4.79 Å². The number of phenols is 1. The fourth-order valence-electron chi connectivity index (χ4n) is 4.51. The molecular formula is C23H19ClN2O3.